The van der Waals surface area contributed by atoms with Crippen molar-refractivity contribution in [2.45, 2.75) is 31.5 Å². The van der Waals surface area contributed by atoms with Gasteiger partial charge in [-0.15, -0.1) is 0 Å². The molecular formula is C25H27F5N8O2. The number of benzene rings is 1. The molecule has 214 valence electrons. The molecule has 5 N–H and O–H groups in total. The number of carbonyl (C=O) groups excluding carboxylic acids is 2. The highest BCUT2D eigenvalue weighted by Gasteiger charge is 2.41. The summed E-state index contributed by atoms with van der Waals surface area (Å²) in [6.07, 6.45) is 1.30. The van der Waals surface area contributed by atoms with Gasteiger partial charge in [0, 0.05) is 42.9 Å². The molecule has 0 bridgehead atoms. The van der Waals surface area contributed by atoms with Crippen LogP contribution in [0.2, 0.25) is 0 Å². The Bertz CT molecular complexity index is 1300. The number of nitrogens with one attached hydrogen (secondary N) is 5. The van der Waals surface area contributed by atoms with Crippen molar-refractivity contribution in [1.29, 1.82) is 10.8 Å². The van der Waals surface area contributed by atoms with E-state index in [1.165, 1.54) is 37.5 Å². The second kappa shape index (κ2) is 12.6. The fourth-order valence-electron chi connectivity index (χ4n) is 3.77. The highest BCUT2D eigenvalue weighted by atomic mass is 19.4. The van der Waals surface area contributed by atoms with Gasteiger partial charge in [0.2, 0.25) is 5.91 Å². The zero-order valence-corrected chi connectivity index (χ0v) is 21.2. The van der Waals surface area contributed by atoms with Gasteiger partial charge in [0.05, 0.1) is 24.4 Å². The van der Waals surface area contributed by atoms with Crippen LogP contribution < -0.4 is 10.6 Å². The maximum absolute atomic E-state index is 13.4. The number of anilines is 1. The molecule has 1 fully saturated rings. The number of imidazole rings is 1. The van der Waals surface area contributed by atoms with Crippen LogP contribution in [-0.2, 0) is 4.79 Å². The van der Waals surface area contributed by atoms with E-state index in [2.05, 4.69) is 20.3 Å². The molecule has 0 aliphatic carbocycles. The molecule has 1 aliphatic rings. The van der Waals surface area contributed by atoms with Gasteiger partial charge in [0.25, 0.3) is 5.92 Å². The summed E-state index contributed by atoms with van der Waals surface area (Å²) in [6, 6.07) is 4.31. The molecule has 1 aromatic carbocycles. The zero-order chi connectivity index (χ0) is 29.5. The zero-order valence-electron chi connectivity index (χ0n) is 21.2. The number of amides is 3. The fourth-order valence-corrected chi connectivity index (χ4v) is 3.77. The normalized spacial score (nSPS) is 16.9. The lowest BCUT2D eigenvalue weighted by atomic mass is 10.0. The van der Waals surface area contributed by atoms with Crippen LogP contribution in [0.1, 0.15) is 19.2 Å². The predicted molar refractivity (Wildman–Crippen MR) is 140 cm³/mol. The first-order valence-corrected chi connectivity index (χ1v) is 12.0. The minimum atomic E-state index is -4.54. The molecule has 2 aromatic rings. The summed E-state index contributed by atoms with van der Waals surface area (Å²) in [4.78, 5) is 36.6. The van der Waals surface area contributed by atoms with Crippen LogP contribution in [0.4, 0.5) is 32.4 Å². The van der Waals surface area contributed by atoms with Crippen LogP contribution in [0.5, 0.6) is 0 Å². The summed E-state index contributed by atoms with van der Waals surface area (Å²) < 4.78 is 63.7. The number of aromatic nitrogens is 2. The molecule has 15 heteroatoms. The lowest BCUT2D eigenvalue weighted by Crippen LogP contribution is -2.37. The van der Waals surface area contributed by atoms with Gasteiger partial charge in [-0.1, -0.05) is 12.1 Å². The lowest BCUT2D eigenvalue weighted by molar-refractivity contribution is -0.132. The molecule has 0 radical (unpaired) electrons. The summed E-state index contributed by atoms with van der Waals surface area (Å²) in [5, 5.41) is 19.5. The number of alkyl halides is 5. The van der Waals surface area contributed by atoms with E-state index in [9.17, 15) is 31.5 Å². The van der Waals surface area contributed by atoms with Crippen molar-refractivity contribution in [1.82, 2.24) is 20.2 Å². The van der Waals surface area contributed by atoms with Gasteiger partial charge >= 0.3 is 12.2 Å². The second-order valence-electron chi connectivity index (χ2n) is 9.01. The number of allylic oxidation sites excluding steroid dienone is 1. The van der Waals surface area contributed by atoms with E-state index in [-0.39, 0.29) is 12.2 Å². The number of likely N-dealkylation sites (tertiary alicyclic amines) is 1. The van der Waals surface area contributed by atoms with Crippen molar-refractivity contribution in [2.75, 3.05) is 25.0 Å². The average molecular weight is 567 g/mol. The van der Waals surface area contributed by atoms with Crippen molar-refractivity contribution in [3.8, 4) is 11.3 Å². The Labute approximate surface area is 225 Å². The number of hydrogen-bond donors (Lipinski definition) is 5. The number of H-pyrrole nitrogens is 1. The molecule has 1 aliphatic heterocycles. The van der Waals surface area contributed by atoms with E-state index in [0.29, 0.717) is 22.7 Å². The van der Waals surface area contributed by atoms with Crippen LogP contribution >= 0.6 is 0 Å². The van der Waals surface area contributed by atoms with E-state index in [4.69, 9.17) is 10.8 Å². The Balaban J connectivity index is 1.68. The molecule has 0 saturated carbocycles. The minimum Gasteiger partial charge on any atom is -0.338 e. The first-order chi connectivity index (χ1) is 18.8. The van der Waals surface area contributed by atoms with Gasteiger partial charge in [-0.25, -0.2) is 18.6 Å². The van der Waals surface area contributed by atoms with Crippen LogP contribution in [0.15, 0.2) is 41.0 Å². The van der Waals surface area contributed by atoms with E-state index in [1.54, 1.807) is 17.4 Å². The van der Waals surface area contributed by atoms with Crippen molar-refractivity contribution in [2.24, 2.45) is 10.9 Å². The summed E-state index contributed by atoms with van der Waals surface area (Å²) in [7, 11) is 0. The molecule has 3 amide bonds. The first kappa shape index (κ1) is 30.1. The third-order valence-corrected chi connectivity index (χ3v) is 5.82. The summed E-state index contributed by atoms with van der Waals surface area (Å²) in [6.45, 7) is -0.725. The monoisotopic (exact) mass is 566 g/mol. The molecule has 10 nitrogen and oxygen atoms in total. The van der Waals surface area contributed by atoms with Crippen molar-refractivity contribution in [3.05, 3.63) is 41.9 Å². The van der Waals surface area contributed by atoms with E-state index in [1.807, 2.05) is 0 Å². The van der Waals surface area contributed by atoms with Crippen LogP contribution in [0, 0.1) is 16.7 Å². The smallest absolute Gasteiger partial charge is 0.338 e. The van der Waals surface area contributed by atoms with Crippen molar-refractivity contribution >= 4 is 42.3 Å². The van der Waals surface area contributed by atoms with Gasteiger partial charge < -0.3 is 31.3 Å². The molecule has 1 saturated heterocycles. The number of hydrogen-bond acceptors (Lipinski definition) is 6. The third-order valence-electron chi connectivity index (χ3n) is 5.82. The van der Waals surface area contributed by atoms with Crippen LogP contribution in [-0.4, -0.2) is 83.2 Å². The van der Waals surface area contributed by atoms with Crippen molar-refractivity contribution in [3.63, 3.8) is 0 Å². The summed E-state index contributed by atoms with van der Waals surface area (Å²) in [5.74, 6) is -3.97. The maximum atomic E-state index is 13.4. The highest BCUT2D eigenvalue weighted by molar-refractivity contribution is 5.99. The molecule has 3 rings (SSSR count). The second-order valence-corrected chi connectivity index (χ2v) is 9.01. The Hall–Kier alpha value is -4.43. The third kappa shape index (κ3) is 8.54. The SMILES string of the molecule is CC(N=CC(C=N)/C(C=N)=C/c1ncc(-c2cccc(NC(=O)NCC(F)(F)F)c2)[nH]1)C(=O)N1CCC(F)(F)C1. The molecule has 40 heavy (non-hydrogen) atoms. The summed E-state index contributed by atoms with van der Waals surface area (Å²) in [5.41, 5.74) is 1.59. The standard InChI is InChI=1S/C25H27F5N8O2/c1-15(22(39)38-6-5-24(26,27)14-38)33-11-18(10-32)17(9-31)8-21-34-12-20(37-21)16-3-2-4-19(7-16)36-23(40)35-13-25(28,29)30/h2-4,7-12,15,18,31-32H,5-6,13-14H2,1H3,(H,34,37)(H2,35,36,40)/b17-8+,31-9?,32-10?,33-11?. The Morgan fingerprint density at radius 2 is 2.05 bits per heavy atom. The molecule has 2 unspecified atom stereocenters. The van der Waals surface area contributed by atoms with Crippen molar-refractivity contribution < 1.29 is 31.5 Å². The van der Waals surface area contributed by atoms with Gasteiger partial charge in [-0.3, -0.25) is 9.79 Å². The van der Waals surface area contributed by atoms with Gasteiger partial charge in [-0.2, -0.15) is 13.2 Å². The number of aromatic amines is 1. The lowest BCUT2D eigenvalue weighted by Gasteiger charge is -2.18. The molecular weight excluding hydrogens is 539 g/mol. The number of aliphatic imine (C=N–C) groups is 1. The number of urea groups is 1. The number of nitrogens with zero attached hydrogens (tertiary/aromatic N) is 3. The number of halogens is 5. The van der Waals surface area contributed by atoms with Gasteiger partial charge in [0.1, 0.15) is 18.4 Å². The summed E-state index contributed by atoms with van der Waals surface area (Å²) >= 11 is 0. The molecule has 1 aromatic heterocycles. The first-order valence-electron chi connectivity index (χ1n) is 12.0. The number of carbonyl (C=O) groups is 2. The molecule has 2 heterocycles. The average Bonchev–Trinajstić information content (AvgIpc) is 3.52. The van der Waals surface area contributed by atoms with E-state index >= 15 is 0 Å². The maximum Gasteiger partial charge on any atom is 0.405 e. The fraction of sp³-hybridized carbons (Fsp3) is 0.360. The van der Waals surface area contributed by atoms with Gasteiger partial charge in [-0.05, 0) is 30.7 Å². The predicted octanol–water partition coefficient (Wildman–Crippen LogP) is 4.39. The number of rotatable bonds is 10. The Kier molecular flexibility index (Phi) is 9.50. The van der Waals surface area contributed by atoms with E-state index in [0.717, 1.165) is 17.3 Å². The minimum absolute atomic E-state index is 0.0591. The quantitative estimate of drug-likeness (QED) is 0.214. The largest absolute Gasteiger partial charge is 0.405 e. The topological polar surface area (TPSA) is 150 Å². The van der Waals surface area contributed by atoms with E-state index < -0.39 is 55.5 Å². The highest BCUT2D eigenvalue weighted by Crippen LogP contribution is 2.27. The molecule has 0 spiro atoms. The molecule has 2 atom stereocenters. The Morgan fingerprint density at radius 1 is 1.30 bits per heavy atom. The van der Waals surface area contributed by atoms with Gasteiger partial charge in [0.15, 0.2) is 0 Å². The van der Waals surface area contributed by atoms with Crippen LogP contribution in [0.25, 0.3) is 17.3 Å². The Morgan fingerprint density at radius 3 is 2.67 bits per heavy atom. The van der Waals surface area contributed by atoms with Crippen LogP contribution in [0.3, 0.4) is 0 Å².